The first-order valence-electron chi connectivity index (χ1n) is 8.14. The number of hydrogen-bond acceptors (Lipinski definition) is 9. The molecule has 5 atom stereocenters. The van der Waals surface area contributed by atoms with E-state index in [1.807, 2.05) is 0 Å². The Bertz CT molecular complexity index is 493. The summed E-state index contributed by atoms with van der Waals surface area (Å²) >= 11 is 0. The highest BCUT2D eigenvalue weighted by molar-refractivity contribution is 5.91. The summed E-state index contributed by atoms with van der Waals surface area (Å²) in [5.74, 6) is -0.0382. The zero-order chi connectivity index (χ0) is 21.4. The third-order valence-electron chi connectivity index (χ3n) is 4.03. The smallest absolute Gasteiger partial charge is 0.220 e. The van der Waals surface area contributed by atoms with Gasteiger partial charge in [-0.25, -0.2) is 0 Å². The second kappa shape index (κ2) is 13.0. The maximum absolute atomic E-state index is 9.93. The lowest BCUT2D eigenvalue weighted by molar-refractivity contribution is -0.207. The third-order valence-corrected chi connectivity index (χ3v) is 4.03. The Morgan fingerprint density at radius 1 is 1.18 bits per heavy atom. The van der Waals surface area contributed by atoms with Crippen LogP contribution in [0.2, 0.25) is 0 Å². The van der Waals surface area contributed by atoms with Gasteiger partial charge in [0.15, 0.2) is 5.96 Å². The molecule has 1 aliphatic carbocycles. The second-order valence-corrected chi connectivity index (χ2v) is 6.48. The van der Waals surface area contributed by atoms with E-state index < -0.39 is 55.8 Å². The Morgan fingerprint density at radius 2 is 1.68 bits per heavy atom. The minimum atomic E-state index is -1.94. The van der Waals surface area contributed by atoms with Crippen LogP contribution in [0.3, 0.4) is 0 Å². The van der Waals surface area contributed by atoms with E-state index in [-0.39, 0.29) is 30.7 Å². The summed E-state index contributed by atoms with van der Waals surface area (Å²) in [6, 6.07) is -1.60. The molecule has 0 unspecified atom stereocenters. The van der Waals surface area contributed by atoms with E-state index in [0.29, 0.717) is 0 Å². The zero-order valence-corrected chi connectivity index (χ0v) is 16.6. The summed E-state index contributed by atoms with van der Waals surface area (Å²) in [6.45, 7) is -1.56. The van der Waals surface area contributed by atoms with Crippen molar-refractivity contribution in [1.82, 2.24) is 10.2 Å². The summed E-state index contributed by atoms with van der Waals surface area (Å²) in [6.07, 6.45) is -4.91. The summed E-state index contributed by atoms with van der Waals surface area (Å²) in [4.78, 5) is 4.96. The lowest BCUT2D eigenvalue weighted by Gasteiger charge is -2.46. The molecule has 1 rings (SSSR count). The molecule has 13 N–H and O–H groups in total. The van der Waals surface area contributed by atoms with Crippen LogP contribution >= 0.6 is 12.4 Å². The fourth-order valence-corrected chi connectivity index (χ4v) is 2.37. The molecule has 168 valence electrons. The molecule has 0 aromatic carbocycles. The number of aliphatic imine (C=N–C) groups is 1. The molecule has 28 heavy (non-hydrogen) atoms. The maximum atomic E-state index is 9.93. The normalized spacial score (nSPS) is 29.2. The number of hydrogen-bond donors (Lipinski definition) is 11. The molecule has 0 saturated heterocycles. The van der Waals surface area contributed by atoms with Gasteiger partial charge >= 0.3 is 0 Å². The van der Waals surface area contributed by atoms with Crippen molar-refractivity contribution in [1.29, 1.82) is 5.41 Å². The first kappa shape index (κ1) is 28.9. The number of nitrogens with two attached hydrogens (primary N) is 2. The first-order chi connectivity index (χ1) is 12.4. The molecule has 0 aromatic heterocycles. The van der Waals surface area contributed by atoms with Crippen LogP contribution in [0.1, 0.15) is 6.42 Å². The van der Waals surface area contributed by atoms with Crippen LogP contribution in [0.5, 0.6) is 0 Å². The fraction of sp³-hybridized carbons (Fsp3) is 0.857. The molecule has 0 spiro atoms. The van der Waals surface area contributed by atoms with Gasteiger partial charge in [0, 0.05) is 20.1 Å². The topological polar surface area (TPSA) is 245 Å². The summed E-state index contributed by atoms with van der Waals surface area (Å²) in [5.41, 5.74) is 8.04. The summed E-state index contributed by atoms with van der Waals surface area (Å²) < 4.78 is 0. The van der Waals surface area contributed by atoms with Gasteiger partial charge in [-0.2, -0.15) is 4.99 Å². The Labute approximate surface area is 169 Å². The molecule has 14 heteroatoms. The van der Waals surface area contributed by atoms with E-state index in [9.17, 15) is 20.4 Å². The van der Waals surface area contributed by atoms with Crippen molar-refractivity contribution >= 4 is 24.3 Å². The second-order valence-electron chi connectivity index (χ2n) is 6.48. The molecule has 0 aromatic rings. The molecule has 0 aliphatic heterocycles. The summed E-state index contributed by atoms with van der Waals surface area (Å²) in [5, 5.41) is 75.5. The van der Waals surface area contributed by atoms with E-state index in [1.165, 1.54) is 4.90 Å². The number of halogens is 1. The standard InChI is InChI=1S/C10H21NO7.C4H11N5.ClH/c12-2-5(3-13)11-6-1-10(18,4-14)9(17)8(16)7(6)15;1-9(2)4(7)8-3(5)6;/h5-9,11-18H,1-4H2;1-2H3,(H5,5,6,7,8);1H/t6-,7-,8+,9-,10-;;/m0../s1. The Kier molecular flexibility index (Phi) is 13.5. The van der Waals surface area contributed by atoms with Crippen LogP contribution in [0.15, 0.2) is 4.99 Å². The van der Waals surface area contributed by atoms with Crippen molar-refractivity contribution < 1.29 is 35.7 Å². The van der Waals surface area contributed by atoms with Gasteiger partial charge in [-0.15, -0.1) is 12.4 Å². The molecule has 0 amide bonds. The molecule has 13 nitrogen and oxygen atoms in total. The lowest BCUT2D eigenvalue weighted by atomic mass is 9.76. The van der Waals surface area contributed by atoms with Crippen molar-refractivity contribution in [3.8, 4) is 0 Å². The number of nitrogens with zero attached hydrogens (tertiary/aromatic N) is 2. The van der Waals surface area contributed by atoms with Gasteiger partial charge in [-0.05, 0) is 6.42 Å². The Hall–Kier alpha value is -1.29. The highest BCUT2D eigenvalue weighted by atomic mass is 35.5. The molecule has 1 aliphatic rings. The van der Waals surface area contributed by atoms with Crippen LogP contribution < -0.4 is 16.8 Å². The minimum Gasteiger partial charge on any atom is -0.395 e. The van der Waals surface area contributed by atoms with E-state index >= 15 is 0 Å². The van der Waals surface area contributed by atoms with Gasteiger partial charge in [0.05, 0.1) is 32.0 Å². The number of rotatable bonds is 5. The number of aliphatic hydroxyl groups excluding tert-OH is 6. The Balaban J connectivity index is 0. The van der Waals surface area contributed by atoms with Crippen LogP contribution in [0.25, 0.3) is 0 Å². The SMILES string of the molecule is CN(C)C(=N)N=C(N)N.Cl.OCC(CO)N[C@H]1C[C@](O)(CO)[C@@H](O)[C@H](O)[C@H]1O. The van der Waals surface area contributed by atoms with Crippen molar-refractivity contribution in [3.63, 3.8) is 0 Å². The van der Waals surface area contributed by atoms with Crippen molar-refractivity contribution in [2.75, 3.05) is 33.9 Å². The van der Waals surface area contributed by atoms with Gasteiger partial charge in [-0.3, -0.25) is 5.41 Å². The predicted octanol–water partition coefficient (Wildman–Crippen LogP) is -5.31. The van der Waals surface area contributed by atoms with Crippen LogP contribution in [0, 0.1) is 5.41 Å². The minimum absolute atomic E-state index is 0. The zero-order valence-electron chi connectivity index (χ0n) is 15.8. The highest BCUT2D eigenvalue weighted by Crippen LogP contribution is 2.29. The molecule has 1 fully saturated rings. The monoisotopic (exact) mass is 432 g/mol. The van der Waals surface area contributed by atoms with Crippen molar-refractivity contribution in [2.45, 2.75) is 42.4 Å². The largest absolute Gasteiger partial charge is 0.395 e. The molecule has 0 radical (unpaired) electrons. The van der Waals surface area contributed by atoms with Gasteiger partial charge < -0.3 is 57.4 Å². The van der Waals surface area contributed by atoms with Gasteiger partial charge in [0.25, 0.3) is 0 Å². The third kappa shape index (κ3) is 8.38. The van der Waals surface area contributed by atoms with E-state index in [4.69, 9.17) is 32.2 Å². The average Bonchev–Trinajstić information content (AvgIpc) is 2.61. The molecule has 0 bridgehead atoms. The molecule has 1 saturated carbocycles. The predicted molar refractivity (Wildman–Crippen MR) is 104 cm³/mol. The van der Waals surface area contributed by atoms with Crippen molar-refractivity contribution in [3.05, 3.63) is 0 Å². The first-order valence-corrected chi connectivity index (χ1v) is 8.14. The lowest BCUT2D eigenvalue weighted by Crippen LogP contribution is -2.68. The van der Waals surface area contributed by atoms with Crippen molar-refractivity contribution in [2.24, 2.45) is 16.5 Å². The van der Waals surface area contributed by atoms with Crippen LogP contribution in [-0.4, -0.2) is 122 Å². The summed E-state index contributed by atoms with van der Waals surface area (Å²) in [7, 11) is 3.38. The Morgan fingerprint density at radius 3 is 2.00 bits per heavy atom. The van der Waals surface area contributed by atoms with E-state index in [0.717, 1.165) is 0 Å². The van der Waals surface area contributed by atoms with Gasteiger partial charge in [0.1, 0.15) is 17.8 Å². The van der Waals surface area contributed by atoms with Crippen LogP contribution in [0.4, 0.5) is 0 Å². The number of aliphatic hydroxyl groups is 7. The maximum Gasteiger partial charge on any atom is 0.220 e. The highest BCUT2D eigenvalue weighted by Gasteiger charge is 2.51. The molecule has 0 heterocycles. The van der Waals surface area contributed by atoms with Gasteiger partial charge in [0.2, 0.25) is 5.96 Å². The number of guanidine groups is 2. The number of nitrogens with one attached hydrogen (secondary N) is 2. The van der Waals surface area contributed by atoms with E-state index in [1.54, 1.807) is 14.1 Å². The van der Waals surface area contributed by atoms with Gasteiger partial charge in [-0.1, -0.05) is 0 Å². The quantitative estimate of drug-likeness (QED) is 0.144. The average molecular weight is 433 g/mol. The van der Waals surface area contributed by atoms with E-state index in [2.05, 4.69) is 10.3 Å². The molecular weight excluding hydrogens is 400 g/mol. The molecular formula is C14H33ClN6O7. The van der Waals surface area contributed by atoms with Crippen LogP contribution in [-0.2, 0) is 0 Å². The fourth-order valence-electron chi connectivity index (χ4n) is 2.37.